The highest BCUT2D eigenvalue weighted by molar-refractivity contribution is 7.89. The summed E-state index contributed by atoms with van der Waals surface area (Å²) in [7, 11) is -3.51. The van der Waals surface area contributed by atoms with E-state index >= 15 is 0 Å². The van der Waals surface area contributed by atoms with E-state index in [2.05, 4.69) is 28.9 Å². The molecule has 1 aliphatic rings. The third kappa shape index (κ3) is 4.58. The molecule has 0 aliphatic carbocycles. The highest BCUT2D eigenvalue weighted by Gasteiger charge is 2.26. The van der Waals surface area contributed by atoms with Gasteiger partial charge in [0.15, 0.2) is 6.61 Å². The summed E-state index contributed by atoms with van der Waals surface area (Å²) in [6.45, 7) is 5.72. The van der Waals surface area contributed by atoms with Gasteiger partial charge in [-0.2, -0.15) is 4.31 Å². The number of para-hydroxylation sites is 1. The minimum atomic E-state index is -3.51. The van der Waals surface area contributed by atoms with Gasteiger partial charge in [0.1, 0.15) is 5.75 Å². The largest absolute Gasteiger partial charge is 0.483 e. The minimum Gasteiger partial charge on any atom is -0.483 e. The molecule has 3 aromatic carbocycles. The number of hydrogen-bond acceptors (Lipinski definition) is 4. The molecule has 0 atom stereocenters. The number of benzene rings is 3. The maximum atomic E-state index is 12.9. The van der Waals surface area contributed by atoms with Gasteiger partial charge in [0, 0.05) is 47.1 Å². The number of piperidine rings is 1. The lowest BCUT2D eigenvalue weighted by Gasteiger charge is -2.26. The third-order valence-electron chi connectivity index (χ3n) is 6.83. The molecule has 2 heterocycles. The highest BCUT2D eigenvalue weighted by Crippen LogP contribution is 2.31. The summed E-state index contributed by atoms with van der Waals surface area (Å²) in [4.78, 5) is 12.9. The Morgan fingerprint density at radius 3 is 2.44 bits per heavy atom. The van der Waals surface area contributed by atoms with Crippen molar-refractivity contribution in [2.45, 2.75) is 44.6 Å². The molecule has 0 spiro atoms. The van der Waals surface area contributed by atoms with Crippen LogP contribution >= 0.6 is 0 Å². The van der Waals surface area contributed by atoms with Gasteiger partial charge < -0.3 is 14.6 Å². The summed E-state index contributed by atoms with van der Waals surface area (Å²) in [5, 5.41) is 5.16. The van der Waals surface area contributed by atoms with E-state index in [0.717, 1.165) is 42.1 Å². The standard InChI is InChI=1S/C28H31N3O4S/c1-3-31-25-10-6-5-9-23(25)24-18-21(11-13-26(24)31)29-28(32)19-35-27-14-12-22(17-20(27)2)36(33,34)30-15-7-4-8-16-30/h5-6,9-14,17-18H,3-4,7-8,15-16,19H2,1-2H3,(H,29,32). The molecule has 188 valence electrons. The van der Waals surface area contributed by atoms with E-state index in [1.54, 1.807) is 29.4 Å². The van der Waals surface area contributed by atoms with Gasteiger partial charge in [-0.3, -0.25) is 4.79 Å². The van der Waals surface area contributed by atoms with Crippen LogP contribution in [0.4, 0.5) is 5.69 Å². The fraction of sp³-hybridized carbons (Fsp3) is 0.321. The first-order valence-electron chi connectivity index (χ1n) is 12.4. The Morgan fingerprint density at radius 1 is 0.944 bits per heavy atom. The normalized spacial score (nSPS) is 14.8. The summed E-state index contributed by atoms with van der Waals surface area (Å²) in [6, 6.07) is 19.0. The number of anilines is 1. The topological polar surface area (TPSA) is 80.6 Å². The van der Waals surface area contributed by atoms with Crippen molar-refractivity contribution < 1.29 is 17.9 Å². The molecule has 0 saturated carbocycles. The van der Waals surface area contributed by atoms with Gasteiger partial charge >= 0.3 is 0 Å². The van der Waals surface area contributed by atoms with E-state index < -0.39 is 10.0 Å². The summed E-state index contributed by atoms with van der Waals surface area (Å²) in [5.74, 6) is 0.210. The maximum absolute atomic E-state index is 12.9. The second-order valence-corrected chi connectivity index (χ2v) is 11.2. The number of carbonyl (C=O) groups excluding carboxylic acids is 1. The number of carbonyl (C=O) groups is 1. The number of ether oxygens (including phenoxy) is 1. The van der Waals surface area contributed by atoms with Crippen molar-refractivity contribution in [3.8, 4) is 5.75 Å². The van der Waals surface area contributed by atoms with Gasteiger partial charge in [0.05, 0.1) is 4.90 Å². The van der Waals surface area contributed by atoms with Crippen LogP contribution in [-0.2, 0) is 21.4 Å². The number of aromatic nitrogens is 1. The Labute approximate surface area is 211 Å². The Hall–Kier alpha value is -3.36. The molecule has 1 amide bonds. The number of rotatable bonds is 7. The van der Waals surface area contributed by atoms with Crippen LogP contribution in [0.3, 0.4) is 0 Å². The zero-order valence-electron chi connectivity index (χ0n) is 20.7. The molecule has 1 fully saturated rings. The molecule has 0 unspecified atom stereocenters. The zero-order chi connectivity index (χ0) is 25.3. The Balaban J connectivity index is 1.27. The van der Waals surface area contributed by atoms with Crippen LogP contribution in [0.5, 0.6) is 5.75 Å². The van der Waals surface area contributed by atoms with E-state index in [9.17, 15) is 13.2 Å². The lowest BCUT2D eigenvalue weighted by Crippen LogP contribution is -2.35. The number of sulfonamides is 1. The Bertz CT molecular complexity index is 1540. The summed E-state index contributed by atoms with van der Waals surface area (Å²) < 4.78 is 35.4. The summed E-state index contributed by atoms with van der Waals surface area (Å²) in [6.07, 6.45) is 2.85. The van der Waals surface area contributed by atoms with Crippen molar-refractivity contribution in [2.75, 3.05) is 25.0 Å². The molecule has 1 aliphatic heterocycles. The molecule has 36 heavy (non-hydrogen) atoms. The minimum absolute atomic E-state index is 0.173. The number of fused-ring (bicyclic) bond motifs is 3. The zero-order valence-corrected chi connectivity index (χ0v) is 21.5. The van der Waals surface area contributed by atoms with Crippen molar-refractivity contribution in [3.63, 3.8) is 0 Å². The lowest BCUT2D eigenvalue weighted by molar-refractivity contribution is -0.118. The molecule has 1 N–H and O–H groups in total. The van der Waals surface area contributed by atoms with Crippen LogP contribution in [0.25, 0.3) is 21.8 Å². The van der Waals surface area contributed by atoms with Crippen LogP contribution < -0.4 is 10.1 Å². The molecule has 5 rings (SSSR count). The molecular weight excluding hydrogens is 474 g/mol. The average molecular weight is 506 g/mol. The molecule has 8 heteroatoms. The molecule has 1 aromatic heterocycles. The van der Waals surface area contributed by atoms with Gasteiger partial charge in [-0.15, -0.1) is 0 Å². The second-order valence-electron chi connectivity index (χ2n) is 9.22. The predicted molar refractivity (Wildman–Crippen MR) is 143 cm³/mol. The van der Waals surface area contributed by atoms with Gasteiger partial charge in [-0.25, -0.2) is 8.42 Å². The van der Waals surface area contributed by atoms with Gasteiger partial charge in [-0.1, -0.05) is 24.6 Å². The van der Waals surface area contributed by atoms with E-state index in [4.69, 9.17) is 4.74 Å². The van der Waals surface area contributed by atoms with Crippen LogP contribution in [0.2, 0.25) is 0 Å². The number of aryl methyl sites for hydroxylation is 2. The maximum Gasteiger partial charge on any atom is 0.262 e. The predicted octanol–water partition coefficient (Wildman–Crippen LogP) is 5.31. The van der Waals surface area contributed by atoms with E-state index in [-0.39, 0.29) is 17.4 Å². The van der Waals surface area contributed by atoms with Gasteiger partial charge in [-0.05, 0) is 74.7 Å². The lowest BCUT2D eigenvalue weighted by atomic mass is 10.1. The Morgan fingerprint density at radius 2 is 1.69 bits per heavy atom. The molecule has 0 radical (unpaired) electrons. The van der Waals surface area contributed by atoms with E-state index in [1.165, 1.54) is 5.52 Å². The molecule has 1 saturated heterocycles. The van der Waals surface area contributed by atoms with Crippen LogP contribution in [-0.4, -0.2) is 42.9 Å². The molecule has 0 bridgehead atoms. The van der Waals surface area contributed by atoms with Crippen molar-refractivity contribution in [1.29, 1.82) is 0 Å². The average Bonchev–Trinajstić information content (AvgIpc) is 3.21. The monoisotopic (exact) mass is 505 g/mol. The fourth-order valence-corrected chi connectivity index (χ4v) is 6.61. The summed E-state index contributed by atoms with van der Waals surface area (Å²) >= 11 is 0. The summed E-state index contributed by atoms with van der Waals surface area (Å²) in [5.41, 5.74) is 3.68. The quantitative estimate of drug-likeness (QED) is 0.369. The van der Waals surface area contributed by atoms with E-state index in [0.29, 0.717) is 30.1 Å². The molecule has 7 nitrogen and oxygen atoms in total. The van der Waals surface area contributed by atoms with Gasteiger partial charge in [0.2, 0.25) is 10.0 Å². The van der Waals surface area contributed by atoms with Crippen molar-refractivity contribution in [1.82, 2.24) is 8.87 Å². The number of nitrogens with zero attached hydrogens (tertiary/aromatic N) is 2. The highest BCUT2D eigenvalue weighted by atomic mass is 32.2. The molecular formula is C28H31N3O4S. The van der Waals surface area contributed by atoms with Crippen LogP contribution in [0.15, 0.2) is 65.6 Å². The fourth-order valence-electron chi connectivity index (χ4n) is 5.01. The first-order valence-corrected chi connectivity index (χ1v) is 13.9. The van der Waals surface area contributed by atoms with Gasteiger partial charge in [0.25, 0.3) is 5.91 Å². The first-order chi connectivity index (χ1) is 17.4. The third-order valence-corrected chi connectivity index (χ3v) is 8.72. The van der Waals surface area contributed by atoms with Crippen LogP contribution in [0, 0.1) is 6.92 Å². The number of nitrogens with one attached hydrogen (secondary N) is 1. The first kappa shape index (κ1) is 24.3. The SMILES string of the molecule is CCn1c2ccccc2c2cc(NC(=O)COc3ccc(S(=O)(=O)N4CCCCC4)cc3C)ccc21. The van der Waals surface area contributed by atoms with Crippen molar-refractivity contribution in [3.05, 3.63) is 66.2 Å². The number of hydrogen-bond donors (Lipinski definition) is 1. The van der Waals surface area contributed by atoms with Crippen molar-refractivity contribution >= 4 is 43.4 Å². The van der Waals surface area contributed by atoms with Crippen LogP contribution in [0.1, 0.15) is 31.7 Å². The Kier molecular flexibility index (Phi) is 6.73. The van der Waals surface area contributed by atoms with Crippen molar-refractivity contribution in [2.24, 2.45) is 0 Å². The smallest absolute Gasteiger partial charge is 0.262 e. The van der Waals surface area contributed by atoms with E-state index in [1.807, 2.05) is 30.3 Å². The second kappa shape index (κ2) is 9.95. The number of amides is 1. The molecule has 4 aromatic rings.